The number of fused-ring (bicyclic) bond motifs is 1. The Kier molecular flexibility index (Phi) is 28.2. The van der Waals surface area contributed by atoms with Crippen molar-refractivity contribution < 1.29 is 100.0 Å². The van der Waals surface area contributed by atoms with Gasteiger partial charge >= 0.3 is 40.7 Å². The average Bonchev–Trinajstić information content (AvgIpc) is 1.21. The summed E-state index contributed by atoms with van der Waals surface area (Å²) in [5.41, 5.74) is 15.4. The number of aryl methyl sites for hydroxylation is 1. The van der Waals surface area contributed by atoms with Gasteiger partial charge in [-0.25, -0.2) is 38.3 Å². The Labute approximate surface area is 652 Å². The van der Waals surface area contributed by atoms with Gasteiger partial charge in [-0.2, -0.15) is 20.1 Å². The van der Waals surface area contributed by atoms with Crippen LogP contribution >= 0.6 is 58.7 Å². The normalized spacial score (nSPS) is 29.8. The number of phosphoric acid groups is 2. The SMILES string of the molecule is C=C1N=C(N)N=CN1[C@H]1C[C@@H](O)[C@@H](COP(=O)(N[C@@H](C)C(=O)OC2CCCC2)Oc2cccc3ccccc23)S1.C=C1N=C(N)N=CN1[C@H]1C[C@@H](O)[C@@H](COP(=O)(O)O[C@@H]2C[C@H](n3cc(C)c(=O)[nH]c3=O)O[C@@H]2CO)S1.C=C1NC(=O)C(C)=CN1[C@H]1C[C@@H](O)[C@@H](COP(=O)(O)O[C@@H]2C[C@H](n3cnc(N)nc3=O)S[C@@H]2CO)O1. The van der Waals surface area contributed by atoms with E-state index in [0.29, 0.717) is 35.8 Å². The highest BCUT2D eigenvalue weighted by Gasteiger charge is 2.48. The summed E-state index contributed by atoms with van der Waals surface area (Å²) in [6, 6.07) is 12.0. The second kappa shape index (κ2) is 37.0. The maximum atomic E-state index is 14.2. The number of aliphatic imine (C=N–C) groups is 4. The van der Waals surface area contributed by atoms with Gasteiger partial charge < -0.3 is 91.3 Å². The van der Waals surface area contributed by atoms with E-state index < -0.39 is 142 Å². The summed E-state index contributed by atoms with van der Waals surface area (Å²) in [6.07, 6.45) is 3.17. The Hall–Kier alpha value is -7.49. The molecule has 16 N–H and O–H groups in total. The van der Waals surface area contributed by atoms with Gasteiger partial charge in [0.15, 0.2) is 0 Å². The lowest BCUT2D eigenvalue weighted by Crippen LogP contribution is -2.42. The maximum absolute atomic E-state index is 14.2. The first kappa shape index (κ1) is 85.4. The van der Waals surface area contributed by atoms with E-state index in [1.165, 1.54) is 60.2 Å². The quantitative estimate of drug-likeness (QED) is 0.0316. The number of aromatic amines is 1. The molecule has 5 saturated heterocycles. The van der Waals surface area contributed by atoms with Crippen LogP contribution in [-0.4, -0.2) is 231 Å². The highest BCUT2D eigenvalue weighted by Crippen LogP contribution is 2.54. The lowest BCUT2D eigenvalue weighted by atomic mass is 10.1. The monoisotopic (exact) mass is 1680 g/mol. The summed E-state index contributed by atoms with van der Waals surface area (Å²) in [6.45, 7) is 14.4. The highest BCUT2D eigenvalue weighted by molar-refractivity contribution is 8.01. The van der Waals surface area contributed by atoms with Crippen molar-refractivity contribution in [3.05, 3.63) is 141 Å². The number of carbonyl (C=O) groups excluding carboxylic acids is 2. The molecule has 13 rings (SSSR count). The number of aromatic nitrogens is 5. The van der Waals surface area contributed by atoms with E-state index in [2.05, 4.69) is 65.1 Å². The first-order valence-corrected chi connectivity index (χ1v) is 42.5. The van der Waals surface area contributed by atoms with Crippen LogP contribution in [0.25, 0.3) is 10.8 Å². The fraction of sp³-hybridized carbons (Fsp3) is 0.523. The van der Waals surface area contributed by atoms with Gasteiger partial charge in [0, 0.05) is 61.0 Å². The van der Waals surface area contributed by atoms with Crippen LogP contribution in [0.4, 0.5) is 5.95 Å². The van der Waals surface area contributed by atoms with Crippen molar-refractivity contribution in [3.8, 4) is 5.75 Å². The van der Waals surface area contributed by atoms with E-state index >= 15 is 0 Å². The van der Waals surface area contributed by atoms with Gasteiger partial charge in [-0.1, -0.05) is 56.1 Å². The number of aliphatic hydroxyl groups excluding tert-OH is 5. The molecule has 3 unspecified atom stereocenters. The number of benzene rings is 2. The zero-order valence-corrected chi connectivity index (χ0v) is 65.7. The van der Waals surface area contributed by atoms with Crippen molar-refractivity contribution in [1.82, 2.24) is 49.2 Å². The Morgan fingerprint density at radius 3 is 1.94 bits per heavy atom. The number of carbonyl (C=O) groups is 2. The van der Waals surface area contributed by atoms with E-state index in [1.54, 1.807) is 46.9 Å². The molecule has 0 spiro atoms. The molecule has 41 nitrogen and oxygen atoms in total. The molecule has 0 bridgehead atoms. The molecule has 1 amide bonds. The number of rotatable bonds is 26. The number of H-pyrrole nitrogens is 1. The number of nitrogens with zero attached hydrogens (tertiary/aromatic N) is 11. The zero-order valence-electron chi connectivity index (χ0n) is 60.6. The predicted molar refractivity (Wildman–Crippen MR) is 411 cm³/mol. The highest BCUT2D eigenvalue weighted by atomic mass is 32.2. The average molecular weight is 1680 g/mol. The van der Waals surface area contributed by atoms with Crippen LogP contribution in [-0.2, 0) is 60.1 Å². The number of hydrogen-bond acceptors (Lipinski definition) is 37. The largest absolute Gasteiger partial charge is 0.472 e. The Morgan fingerprint density at radius 1 is 0.714 bits per heavy atom. The number of guanidine groups is 2. The van der Waals surface area contributed by atoms with Crippen LogP contribution in [0.2, 0.25) is 0 Å². The third-order valence-electron chi connectivity index (χ3n) is 18.8. The summed E-state index contributed by atoms with van der Waals surface area (Å²) >= 11 is 3.87. The minimum absolute atomic E-state index is 0.0620. The molecule has 1 aliphatic carbocycles. The lowest BCUT2D eigenvalue weighted by molar-refractivity contribution is -0.150. The zero-order chi connectivity index (χ0) is 80.7. The molecule has 2 aromatic carbocycles. The second-order valence-electron chi connectivity index (χ2n) is 26.8. The fourth-order valence-corrected chi connectivity index (χ4v) is 21.0. The number of nitrogens with two attached hydrogens (primary N) is 3. The van der Waals surface area contributed by atoms with Gasteiger partial charge in [-0.3, -0.25) is 51.1 Å². The Balaban J connectivity index is 0.000000166. The van der Waals surface area contributed by atoms with Crippen LogP contribution in [0.3, 0.4) is 0 Å². The van der Waals surface area contributed by atoms with Gasteiger partial charge in [-0.15, -0.1) is 35.3 Å². The van der Waals surface area contributed by atoms with Crippen LogP contribution in [0.5, 0.6) is 5.75 Å². The topological polar surface area (TPSA) is 574 Å². The van der Waals surface area contributed by atoms with Crippen LogP contribution < -0.4 is 49.1 Å². The number of ether oxygens (including phenoxy) is 3. The van der Waals surface area contributed by atoms with Crippen molar-refractivity contribution in [3.63, 3.8) is 0 Å². The van der Waals surface area contributed by atoms with Gasteiger partial charge in [0.2, 0.25) is 17.9 Å². The Bertz CT molecular complexity index is 4660. The number of esters is 1. The van der Waals surface area contributed by atoms with E-state index in [9.17, 15) is 73.0 Å². The maximum Gasteiger partial charge on any atom is 0.472 e. The molecule has 610 valence electrons. The molecule has 6 fully saturated rings. The van der Waals surface area contributed by atoms with Crippen molar-refractivity contribution in [2.75, 3.05) is 38.8 Å². The predicted octanol–water partition coefficient (Wildman–Crippen LogP) is 2.08. The Morgan fingerprint density at radius 2 is 1.31 bits per heavy atom. The van der Waals surface area contributed by atoms with Gasteiger partial charge in [0.25, 0.3) is 11.5 Å². The number of aliphatic hydroxyl groups is 5. The number of nitrogen functional groups attached to an aromatic ring is 1. The third-order valence-corrected chi connectivity index (χ3v) is 27.0. The molecule has 4 aromatic rings. The lowest BCUT2D eigenvalue weighted by Gasteiger charge is -2.32. The van der Waals surface area contributed by atoms with Crippen LogP contribution in [0, 0.1) is 6.92 Å². The first-order chi connectivity index (χ1) is 53.1. The molecule has 9 aliphatic rings. The fourth-order valence-electron chi connectivity index (χ4n) is 12.9. The minimum atomic E-state index is -4.65. The standard InChI is InChI=1S/C27H34N5O6PS.2C19H27N6O9PS/c1-17(26(34)37-20-10-4-5-11-20)31-39(35,38-23-13-7-9-19-8-3-6-12-21(19)23)36-15-24-22(33)14-25(40-24)32-16-29-27(28)30-18(32)2;1-9-5-24(10(2)22-17(9)28)15-3-11(27)13(33-15)7-32-35(30,31)34-12-4-16(36-14(12)6-26)25-8-21-18(20)23-19(25)29;1-9-5-24(19(29)23-17(9)28)15-4-12(13(6-26)33-15)34-35(30,31)32-7-14-11(27)3-16(36-14)25-8-21-18(20)22-10(25)2/h3,6-9,12-13,16-17,20,22,24-25,33H,2,4-5,10-11,14-15H2,1H3,(H2,28,30)(H,31,35);5,8,11-16,26-27H,2-4,6-7H2,1H3,(H,22,28)(H,30,31)(H2,20,23,29);5,8,11-16,26-27H,2-4,6-7H2,1H3,(H2,20,22)(H,30,31)(H,23,28,29)/t17-,22+,24+,25+,39?;2*11-,12-,13-,14-,15-,16-/m011/s1. The number of phosphoric ester groups is 2. The van der Waals surface area contributed by atoms with Crippen molar-refractivity contribution in [2.24, 2.45) is 31.4 Å². The summed E-state index contributed by atoms with van der Waals surface area (Å²) in [4.78, 5) is 111. The molecule has 19 atom stereocenters. The summed E-state index contributed by atoms with van der Waals surface area (Å²) in [5, 5.41) is 55.3. The number of hydrogen-bond donors (Lipinski definition) is 13. The molecule has 2 aromatic heterocycles. The van der Waals surface area contributed by atoms with E-state index in [0.717, 1.165) is 52.8 Å². The van der Waals surface area contributed by atoms with Gasteiger partial charge in [0.1, 0.15) is 85.1 Å². The number of amides is 1. The van der Waals surface area contributed by atoms with E-state index in [1.807, 2.05) is 30.3 Å². The molecule has 8 aliphatic heterocycles. The van der Waals surface area contributed by atoms with Crippen molar-refractivity contribution in [2.45, 2.75) is 178 Å². The summed E-state index contributed by atoms with van der Waals surface area (Å²) < 4.78 is 91.6. The second-order valence-corrected chi connectivity index (χ2v) is 35.6. The molecule has 10 heterocycles. The van der Waals surface area contributed by atoms with Gasteiger partial charge in [0.05, 0.1) is 89.3 Å². The van der Waals surface area contributed by atoms with Crippen molar-refractivity contribution in [1.29, 1.82) is 0 Å². The van der Waals surface area contributed by atoms with Gasteiger partial charge in [-0.05, 0) is 57.9 Å². The summed E-state index contributed by atoms with van der Waals surface area (Å²) in [5.74, 6) is 0.575. The molecular formula is C65H88N17O24P3S3. The molecule has 47 heteroatoms. The van der Waals surface area contributed by atoms with Crippen molar-refractivity contribution >= 4 is 112 Å². The number of thioether (sulfide) groups is 3. The molecule has 112 heavy (non-hydrogen) atoms. The van der Waals surface area contributed by atoms with Crippen LogP contribution in [0.15, 0.2) is 138 Å². The number of anilines is 1. The molecule has 0 radical (unpaired) electrons. The number of nitrogens with one attached hydrogen (secondary N) is 3. The van der Waals surface area contributed by atoms with Crippen LogP contribution in [0.1, 0.15) is 88.8 Å². The third kappa shape index (κ3) is 21.5. The smallest absolute Gasteiger partial charge is 0.461 e. The van der Waals surface area contributed by atoms with E-state index in [-0.39, 0.29) is 91.1 Å². The minimum Gasteiger partial charge on any atom is -0.461 e. The first-order valence-electron chi connectivity index (χ1n) is 35.1. The molecule has 1 saturated carbocycles. The summed E-state index contributed by atoms with van der Waals surface area (Å²) in [7, 11) is -13.4. The molecular weight excluding hydrogens is 1590 g/mol. The van der Waals surface area contributed by atoms with E-state index in [4.69, 9.17) is 58.6 Å².